The molecule has 2 aliphatic heterocycles. The van der Waals surface area contributed by atoms with Gasteiger partial charge in [0, 0.05) is 29.0 Å². The van der Waals surface area contributed by atoms with Crippen molar-refractivity contribution >= 4 is 11.3 Å². The molecule has 2 N–H and O–H groups in total. The zero-order chi connectivity index (χ0) is 13.4. The molecular weight excluding hydrogens is 252 g/mol. The molecule has 2 fully saturated rings. The number of rotatable bonds is 3. The smallest absolute Gasteiger partial charge is 0.0470 e. The van der Waals surface area contributed by atoms with Crippen LogP contribution in [0.5, 0.6) is 0 Å². The fraction of sp³-hybridized carbons (Fsp3) is 0.750. The molecule has 2 aliphatic rings. The Morgan fingerprint density at radius 1 is 1.26 bits per heavy atom. The van der Waals surface area contributed by atoms with E-state index in [0.717, 1.165) is 12.1 Å². The van der Waals surface area contributed by atoms with Crippen LogP contribution in [0.15, 0.2) is 17.5 Å². The summed E-state index contributed by atoms with van der Waals surface area (Å²) in [6, 6.07) is 6.99. The molecule has 3 atom stereocenters. The molecule has 0 amide bonds. The van der Waals surface area contributed by atoms with Crippen LogP contribution >= 0.6 is 11.3 Å². The van der Waals surface area contributed by atoms with Gasteiger partial charge >= 0.3 is 0 Å². The Labute approximate surface area is 121 Å². The summed E-state index contributed by atoms with van der Waals surface area (Å²) in [6.07, 6.45) is 6.49. The Hall–Kier alpha value is -0.380. The molecule has 0 spiro atoms. The van der Waals surface area contributed by atoms with Crippen molar-refractivity contribution in [2.75, 3.05) is 0 Å². The first-order valence-corrected chi connectivity index (χ1v) is 8.61. The maximum atomic E-state index is 6.26. The first-order valence-electron chi connectivity index (χ1n) is 7.73. The Morgan fingerprint density at radius 3 is 2.47 bits per heavy atom. The van der Waals surface area contributed by atoms with Gasteiger partial charge < -0.3 is 5.73 Å². The van der Waals surface area contributed by atoms with Gasteiger partial charge in [-0.15, -0.1) is 11.3 Å². The molecule has 2 bridgehead atoms. The van der Waals surface area contributed by atoms with E-state index in [1.54, 1.807) is 4.88 Å². The molecule has 106 valence electrons. The van der Waals surface area contributed by atoms with E-state index < -0.39 is 0 Å². The third-order valence-corrected chi connectivity index (χ3v) is 5.80. The van der Waals surface area contributed by atoms with Crippen molar-refractivity contribution in [1.29, 1.82) is 0 Å². The molecule has 2 saturated heterocycles. The van der Waals surface area contributed by atoms with E-state index in [2.05, 4.69) is 36.3 Å². The van der Waals surface area contributed by atoms with Crippen LogP contribution in [0, 0.1) is 5.92 Å². The summed E-state index contributed by atoms with van der Waals surface area (Å²) in [7, 11) is 0. The number of hydrogen-bond donors (Lipinski definition) is 1. The predicted molar refractivity (Wildman–Crippen MR) is 82.4 cm³/mol. The molecule has 1 aromatic rings. The van der Waals surface area contributed by atoms with Crippen LogP contribution in [0.2, 0.25) is 0 Å². The first kappa shape index (κ1) is 13.6. The molecule has 3 heterocycles. The molecule has 0 radical (unpaired) electrons. The van der Waals surface area contributed by atoms with Gasteiger partial charge in [-0.25, -0.2) is 0 Å². The van der Waals surface area contributed by atoms with Gasteiger partial charge in [0.25, 0.3) is 0 Å². The molecule has 0 aliphatic carbocycles. The van der Waals surface area contributed by atoms with E-state index in [0.29, 0.717) is 18.0 Å². The Morgan fingerprint density at radius 2 is 1.95 bits per heavy atom. The second-order valence-corrected chi connectivity index (χ2v) is 7.60. The first-order chi connectivity index (χ1) is 9.16. The second-order valence-electron chi connectivity index (χ2n) is 6.62. The van der Waals surface area contributed by atoms with Crippen LogP contribution in [0.4, 0.5) is 0 Å². The van der Waals surface area contributed by atoms with E-state index in [1.807, 2.05) is 11.3 Å². The summed E-state index contributed by atoms with van der Waals surface area (Å²) in [4.78, 5) is 4.38. The van der Waals surface area contributed by atoms with Gasteiger partial charge in [-0.3, -0.25) is 4.90 Å². The highest BCUT2D eigenvalue weighted by atomic mass is 32.1. The minimum atomic E-state index is 0.433. The van der Waals surface area contributed by atoms with E-state index >= 15 is 0 Å². The highest BCUT2D eigenvalue weighted by molar-refractivity contribution is 7.10. The topological polar surface area (TPSA) is 29.3 Å². The van der Waals surface area contributed by atoms with Crippen molar-refractivity contribution in [3.8, 4) is 0 Å². The van der Waals surface area contributed by atoms with Gasteiger partial charge in [-0.05, 0) is 43.0 Å². The van der Waals surface area contributed by atoms with Crippen LogP contribution < -0.4 is 5.73 Å². The lowest BCUT2D eigenvalue weighted by atomic mass is 9.79. The predicted octanol–water partition coefficient (Wildman–Crippen LogP) is 3.79. The van der Waals surface area contributed by atoms with E-state index in [1.165, 1.54) is 32.1 Å². The average Bonchev–Trinajstić information content (AvgIpc) is 2.83. The van der Waals surface area contributed by atoms with E-state index in [-0.39, 0.29) is 0 Å². The summed E-state index contributed by atoms with van der Waals surface area (Å²) in [5.74, 6) is 0.677. The van der Waals surface area contributed by atoms with E-state index in [4.69, 9.17) is 5.73 Å². The normalized spacial score (nSPS) is 33.6. The van der Waals surface area contributed by atoms with Crippen molar-refractivity contribution in [1.82, 2.24) is 4.90 Å². The van der Waals surface area contributed by atoms with Gasteiger partial charge in [-0.2, -0.15) is 0 Å². The van der Waals surface area contributed by atoms with Gasteiger partial charge in [-0.1, -0.05) is 26.3 Å². The SMILES string of the molecule is CC(C)C(c1cccs1)N1C2CCCC1CC(N)C2. The molecule has 2 nitrogen and oxygen atoms in total. The van der Waals surface area contributed by atoms with Crippen molar-refractivity contribution < 1.29 is 0 Å². The number of piperidine rings is 2. The quantitative estimate of drug-likeness (QED) is 0.911. The van der Waals surface area contributed by atoms with Crippen LogP contribution in [0.3, 0.4) is 0 Å². The highest BCUT2D eigenvalue weighted by Gasteiger charge is 2.42. The molecule has 19 heavy (non-hydrogen) atoms. The Kier molecular flexibility index (Phi) is 3.97. The largest absolute Gasteiger partial charge is 0.328 e. The fourth-order valence-electron chi connectivity index (χ4n) is 4.19. The molecule has 0 aromatic carbocycles. The molecule has 3 rings (SSSR count). The number of thiophene rings is 1. The molecule has 3 heteroatoms. The van der Waals surface area contributed by atoms with Crippen LogP contribution in [0.1, 0.15) is 56.9 Å². The number of nitrogens with two attached hydrogens (primary N) is 1. The van der Waals surface area contributed by atoms with Gasteiger partial charge in [0.1, 0.15) is 0 Å². The number of fused-ring (bicyclic) bond motifs is 2. The Bertz CT molecular complexity index is 387. The molecule has 3 unspecified atom stereocenters. The monoisotopic (exact) mass is 278 g/mol. The number of hydrogen-bond acceptors (Lipinski definition) is 3. The molecular formula is C16H26N2S. The fourth-order valence-corrected chi connectivity index (χ4v) is 5.20. The summed E-state index contributed by atoms with van der Waals surface area (Å²) in [5.41, 5.74) is 6.26. The lowest BCUT2D eigenvalue weighted by molar-refractivity contribution is -0.0208. The van der Waals surface area contributed by atoms with Gasteiger partial charge in [0.15, 0.2) is 0 Å². The maximum Gasteiger partial charge on any atom is 0.0470 e. The molecule has 1 aromatic heterocycles. The minimum Gasteiger partial charge on any atom is -0.328 e. The summed E-state index contributed by atoms with van der Waals surface area (Å²) in [5, 5.41) is 2.22. The van der Waals surface area contributed by atoms with Crippen LogP contribution in [0.25, 0.3) is 0 Å². The summed E-state index contributed by atoms with van der Waals surface area (Å²) < 4.78 is 0. The van der Waals surface area contributed by atoms with Gasteiger partial charge in [0.05, 0.1) is 0 Å². The summed E-state index contributed by atoms with van der Waals surface area (Å²) >= 11 is 1.92. The zero-order valence-corrected chi connectivity index (χ0v) is 12.9. The average molecular weight is 278 g/mol. The third-order valence-electron chi connectivity index (χ3n) is 4.85. The van der Waals surface area contributed by atoms with Gasteiger partial charge in [0.2, 0.25) is 0 Å². The zero-order valence-electron chi connectivity index (χ0n) is 12.1. The van der Waals surface area contributed by atoms with Crippen molar-refractivity contribution in [2.24, 2.45) is 11.7 Å². The van der Waals surface area contributed by atoms with Crippen LogP contribution in [-0.4, -0.2) is 23.0 Å². The standard InChI is InChI=1S/C16H26N2S/c1-11(2)16(15-7-4-8-19-15)18-13-5-3-6-14(18)10-12(17)9-13/h4,7-8,11-14,16H,3,5-6,9-10,17H2,1-2H3. The van der Waals surface area contributed by atoms with Crippen molar-refractivity contribution in [3.63, 3.8) is 0 Å². The number of nitrogens with zero attached hydrogens (tertiary/aromatic N) is 1. The van der Waals surface area contributed by atoms with E-state index in [9.17, 15) is 0 Å². The van der Waals surface area contributed by atoms with Crippen LogP contribution in [-0.2, 0) is 0 Å². The minimum absolute atomic E-state index is 0.433. The highest BCUT2D eigenvalue weighted by Crippen LogP contribution is 2.43. The third kappa shape index (κ3) is 2.61. The Balaban J connectivity index is 1.89. The van der Waals surface area contributed by atoms with Crippen molar-refractivity contribution in [2.45, 2.75) is 70.1 Å². The molecule has 0 saturated carbocycles. The maximum absolute atomic E-state index is 6.26. The second kappa shape index (κ2) is 5.55. The summed E-state index contributed by atoms with van der Waals surface area (Å²) in [6.45, 7) is 4.74. The van der Waals surface area contributed by atoms with Crippen molar-refractivity contribution in [3.05, 3.63) is 22.4 Å². The lowest BCUT2D eigenvalue weighted by Gasteiger charge is -2.52. The lowest BCUT2D eigenvalue weighted by Crippen LogP contribution is -2.57.